The van der Waals surface area contributed by atoms with Crippen LogP contribution < -0.4 is 15.3 Å². The van der Waals surface area contributed by atoms with Crippen molar-refractivity contribution in [2.45, 2.75) is 26.4 Å². The highest BCUT2D eigenvalue weighted by Gasteiger charge is 2.33. The number of carbonyl (C=O) groups is 1. The van der Waals surface area contributed by atoms with E-state index in [2.05, 4.69) is 4.98 Å². The van der Waals surface area contributed by atoms with Gasteiger partial charge in [-0.2, -0.15) is 9.67 Å². The van der Waals surface area contributed by atoms with Crippen molar-refractivity contribution in [1.29, 1.82) is 0 Å². The van der Waals surface area contributed by atoms with Gasteiger partial charge in [-0.1, -0.05) is 6.07 Å². The van der Waals surface area contributed by atoms with E-state index in [1.165, 1.54) is 9.36 Å². The standard InChI is InChI=1S/C14H16N4O3/c1-9(2)17-13(19)15-12-8-16(14(20)18(12)17)10-5-4-6-11(7-10)21-3/h4-7,9H,8H2,1-3H3. The molecule has 7 nitrogen and oxygen atoms in total. The second-order valence-corrected chi connectivity index (χ2v) is 5.13. The van der Waals surface area contributed by atoms with Gasteiger partial charge in [-0.15, -0.1) is 0 Å². The van der Waals surface area contributed by atoms with Gasteiger partial charge in [0, 0.05) is 11.8 Å². The van der Waals surface area contributed by atoms with E-state index in [1.54, 1.807) is 18.1 Å². The highest BCUT2D eigenvalue weighted by molar-refractivity contribution is 5.95. The molecule has 1 aliphatic rings. The first-order valence-electron chi connectivity index (χ1n) is 6.69. The SMILES string of the molecule is COc1cccc(N2Cc3nc(=O)n(C(C)C)n3C2=O)c1. The van der Waals surface area contributed by atoms with Gasteiger partial charge in [0.2, 0.25) is 0 Å². The minimum absolute atomic E-state index is 0.132. The normalized spacial score (nSPS) is 13.9. The Hall–Kier alpha value is -2.57. The molecule has 2 heterocycles. The first-order chi connectivity index (χ1) is 10.0. The molecule has 0 saturated carbocycles. The van der Waals surface area contributed by atoms with E-state index in [0.29, 0.717) is 17.3 Å². The van der Waals surface area contributed by atoms with Crippen molar-refractivity contribution in [1.82, 2.24) is 14.3 Å². The molecule has 0 fully saturated rings. The Kier molecular flexibility index (Phi) is 3.04. The van der Waals surface area contributed by atoms with Gasteiger partial charge >= 0.3 is 11.7 Å². The molecule has 7 heteroatoms. The average molecular weight is 288 g/mol. The fourth-order valence-electron chi connectivity index (χ4n) is 2.48. The molecule has 1 amide bonds. The number of anilines is 1. The summed E-state index contributed by atoms with van der Waals surface area (Å²) in [5, 5.41) is 0. The van der Waals surface area contributed by atoms with E-state index in [4.69, 9.17) is 4.74 Å². The molecule has 0 saturated heterocycles. The topological polar surface area (TPSA) is 69.4 Å². The molecule has 110 valence electrons. The first kappa shape index (κ1) is 13.4. The van der Waals surface area contributed by atoms with E-state index in [-0.39, 0.29) is 18.6 Å². The van der Waals surface area contributed by atoms with Crippen LogP contribution in [0.25, 0.3) is 0 Å². The Balaban J connectivity index is 2.03. The summed E-state index contributed by atoms with van der Waals surface area (Å²) < 4.78 is 7.90. The summed E-state index contributed by atoms with van der Waals surface area (Å²) in [5.41, 5.74) is 0.325. The van der Waals surface area contributed by atoms with Crippen LogP contribution in [-0.2, 0) is 6.54 Å². The lowest BCUT2D eigenvalue weighted by Crippen LogP contribution is -2.34. The number of methoxy groups -OCH3 is 1. The molecule has 0 bridgehead atoms. The lowest BCUT2D eigenvalue weighted by molar-refractivity contribution is 0.242. The molecule has 0 radical (unpaired) electrons. The van der Waals surface area contributed by atoms with Crippen molar-refractivity contribution in [3.05, 3.63) is 40.6 Å². The zero-order valence-electron chi connectivity index (χ0n) is 12.1. The molecule has 2 aromatic rings. The third-order valence-corrected chi connectivity index (χ3v) is 3.45. The van der Waals surface area contributed by atoms with Crippen molar-refractivity contribution in [3.8, 4) is 5.75 Å². The third-order valence-electron chi connectivity index (χ3n) is 3.45. The van der Waals surface area contributed by atoms with Crippen molar-refractivity contribution >= 4 is 11.7 Å². The van der Waals surface area contributed by atoms with E-state index >= 15 is 0 Å². The lowest BCUT2D eigenvalue weighted by Gasteiger charge is -2.17. The smallest absolute Gasteiger partial charge is 0.364 e. The third kappa shape index (κ3) is 2.01. The predicted molar refractivity (Wildman–Crippen MR) is 76.8 cm³/mol. The van der Waals surface area contributed by atoms with Gasteiger partial charge in [-0.3, -0.25) is 4.90 Å². The van der Waals surface area contributed by atoms with E-state index < -0.39 is 5.69 Å². The quantitative estimate of drug-likeness (QED) is 0.860. The number of ether oxygens (including phenoxy) is 1. The Bertz CT molecular complexity index is 760. The first-order valence-corrected chi connectivity index (χ1v) is 6.69. The summed E-state index contributed by atoms with van der Waals surface area (Å²) in [7, 11) is 1.58. The van der Waals surface area contributed by atoms with Crippen LogP contribution in [0.3, 0.4) is 0 Å². The van der Waals surface area contributed by atoms with E-state index in [0.717, 1.165) is 0 Å². The van der Waals surface area contributed by atoms with Crippen LogP contribution in [0.1, 0.15) is 25.7 Å². The van der Waals surface area contributed by atoms with Crippen molar-refractivity contribution in [2.75, 3.05) is 12.0 Å². The highest BCUT2D eigenvalue weighted by Crippen LogP contribution is 2.26. The van der Waals surface area contributed by atoms with E-state index in [9.17, 15) is 9.59 Å². The van der Waals surface area contributed by atoms with Crippen LogP contribution in [0.15, 0.2) is 29.1 Å². The fraction of sp³-hybridized carbons (Fsp3) is 0.357. The second kappa shape index (κ2) is 4.76. The zero-order valence-corrected chi connectivity index (χ0v) is 12.1. The van der Waals surface area contributed by atoms with Gasteiger partial charge in [-0.05, 0) is 26.0 Å². The average Bonchev–Trinajstić information content (AvgIpc) is 2.95. The number of hydrogen-bond acceptors (Lipinski definition) is 4. The van der Waals surface area contributed by atoms with Crippen molar-refractivity contribution < 1.29 is 9.53 Å². The number of fused-ring (bicyclic) bond motifs is 1. The van der Waals surface area contributed by atoms with Gasteiger partial charge in [0.15, 0.2) is 5.82 Å². The van der Waals surface area contributed by atoms with Crippen LogP contribution in [0.5, 0.6) is 5.75 Å². The summed E-state index contributed by atoms with van der Waals surface area (Å²) in [6.07, 6.45) is 0. The van der Waals surface area contributed by atoms with Crippen LogP contribution in [0.4, 0.5) is 10.5 Å². The molecule has 0 atom stereocenters. The molecule has 1 aromatic heterocycles. The Morgan fingerprint density at radius 2 is 2.05 bits per heavy atom. The lowest BCUT2D eigenvalue weighted by atomic mass is 10.3. The maximum Gasteiger partial charge on any atom is 0.364 e. The second-order valence-electron chi connectivity index (χ2n) is 5.13. The maximum atomic E-state index is 12.6. The van der Waals surface area contributed by atoms with Gasteiger partial charge in [0.1, 0.15) is 5.75 Å². The summed E-state index contributed by atoms with van der Waals surface area (Å²) in [6, 6.07) is 6.83. The molecule has 0 N–H and O–H groups in total. The van der Waals surface area contributed by atoms with Crippen LogP contribution >= 0.6 is 0 Å². The molecule has 3 rings (SSSR count). The summed E-state index contributed by atoms with van der Waals surface area (Å²) in [5.74, 6) is 1.13. The van der Waals surface area contributed by atoms with Gasteiger partial charge < -0.3 is 4.74 Å². The number of amides is 1. The zero-order chi connectivity index (χ0) is 15.1. The Morgan fingerprint density at radius 3 is 2.71 bits per heavy atom. The van der Waals surface area contributed by atoms with E-state index in [1.807, 2.05) is 32.0 Å². The minimum Gasteiger partial charge on any atom is -0.497 e. The van der Waals surface area contributed by atoms with Crippen LogP contribution in [0.2, 0.25) is 0 Å². The molecule has 0 aliphatic carbocycles. The van der Waals surface area contributed by atoms with Crippen LogP contribution in [0, 0.1) is 0 Å². The largest absolute Gasteiger partial charge is 0.497 e. The Morgan fingerprint density at radius 1 is 1.29 bits per heavy atom. The number of rotatable bonds is 3. The molecule has 1 aliphatic heterocycles. The summed E-state index contributed by atoms with van der Waals surface area (Å²) in [4.78, 5) is 29.9. The number of hydrogen-bond donors (Lipinski definition) is 0. The number of nitrogens with zero attached hydrogens (tertiary/aromatic N) is 4. The predicted octanol–water partition coefficient (Wildman–Crippen LogP) is 1.62. The maximum absolute atomic E-state index is 12.6. The molecule has 1 aromatic carbocycles. The minimum atomic E-state index is -0.390. The molecular weight excluding hydrogens is 272 g/mol. The molecular formula is C14H16N4O3. The van der Waals surface area contributed by atoms with Gasteiger partial charge in [0.25, 0.3) is 0 Å². The molecule has 21 heavy (non-hydrogen) atoms. The summed E-state index contributed by atoms with van der Waals surface area (Å²) in [6.45, 7) is 3.97. The van der Waals surface area contributed by atoms with Crippen LogP contribution in [-0.4, -0.2) is 27.5 Å². The highest BCUT2D eigenvalue weighted by atomic mass is 16.5. The Labute approximate surface area is 121 Å². The van der Waals surface area contributed by atoms with Crippen molar-refractivity contribution in [2.24, 2.45) is 0 Å². The van der Waals surface area contributed by atoms with Gasteiger partial charge in [-0.25, -0.2) is 14.3 Å². The fourth-order valence-corrected chi connectivity index (χ4v) is 2.48. The van der Waals surface area contributed by atoms with Gasteiger partial charge in [0.05, 0.1) is 19.7 Å². The summed E-state index contributed by atoms with van der Waals surface area (Å²) >= 11 is 0. The number of aromatic nitrogens is 3. The molecule has 0 unspecified atom stereocenters. The van der Waals surface area contributed by atoms with Crippen molar-refractivity contribution in [3.63, 3.8) is 0 Å². The number of benzene rings is 1. The monoisotopic (exact) mass is 288 g/mol. The number of carbonyl (C=O) groups excluding carboxylic acids is 1. The molecule has 0 spiro atoms.